The Balaban J connectivity index is 1.54. The first kappa shape index (κ1) is 20.1. The van der Waals surface area contributed by atoms with E-state index in [-0.39, 0.29) is 18.1 Å². The number of nitrogens with one attached hydrogen (secondary N) is 1. The molecule has 1 aromatic heterocycles. The van der Waals surface area contributed by atoms with Crippen molar-refractivity contribution in [2.45, 2.75) is 0 Å². The Morgan fingerprint density at radius 3 is 2.48 bits per heavy atom. The van der Waals surface area contributed by atoms with Crippen LogP contribution in [0.2, 0.25) is 0 Å². The number of rotatable bonds is 7. The van der Waals surface area contributed by atoms with Gasteiger partial charge in [-0.15, -0.1) is 11.3 Å². The summed E-state index contributed by atoms with van der Waals surface area (Å²) >= 11 is 1.38. The van der Waals surface area contributed by atoms with Crippen molar-refractivity contribution >= 4 is 40.5 Å². The standard InChI is InChI=1S/C21H18N2O5S/c1-23(20(25)18-6-3-11-29-18)16-7-9-17(10-8-16)28-13-19(24)22-15-5-2-4-14(12-15)21(26)27/h2-12H,13H2,1H3,(H,22,24)(H,26,27). The largest absolute Gasteiger partial charge is 0.484 e. The van der Waals surface area contributed by atoms with Gasteiger partial charge in [-0.25, -0.2) is 4.79 Å². The summed E-state index contributed by atoms with van der Waals surface area (Å²) in [5.74, 6) is -1.11. The Morgan fingerprint density at radius 1 is 1.07 bits per heavy atom. The number of carboxylic acid groups (broad SMARTS) is 1. The number of ether oxygens (including phenoxy) is 1. The normalized spacial score (nSPS) is 10.2. The van der Waals surface area contributed by atoms with Crippen molar-refractivity contribution in [1.82, 2.24) is 0 Å². The highest BCUT2D eigenvalue weighted by molar-refractivity contribution is 7.12. The van der Waals surface area contributed by atoms with Crippen molar-refractivity contribution < 1.29 is 24.2 Å². The van der Waals surface area contributed by atoms with Gasteiger partial charge in [0.15, 0.2) is 6.61 Å². The van der Waals surface area contributed by atoms with Gasteiger partial charge in [0.1, 0.15) is 5.75 Å². The van der Waals surface area contributed by atoms with Crippen LogP contribution >= 0.6 is 11.3 Å². The van der Waals surface area contributed by atoms with E-state index in [9.17, 15) is 14.4 Å². The van der Waals surface area contributed by atoms with Crippen molar-refractivity contribution in [3.63, 3.8) is 0 Å². The number of amides is 2. The Labute approximate surface area is 171 Å². The van der Waals surface area contributed by atoms with Crippen molar-refractivity contribution in [2.24, 2.45) is 0 Å². The first-order valence-electron chi connectivity index (χ1n) is 8.61. The van der Waals surface area contributed by atoms with Gasteiger partial charge in [-0.3, -0.25) is 9.59 Å². The third kappa shape index (κ3) is 5.20. The molecule has 0 saturated heterocycles. The molecule has 148 valence electrons. The molecule has 0 aliphatic heterocycles. The third-order valence-corrected chi connectivity index (χ3v) is 4.88. The Kier molecular flexibility index (Phi) is 6.25. The quantitative estimate of drug-likeness (QED) is 0.619. The summed E-state index contributed by atoms with van der Waals surface area (Å²) in [7, 11) is 1.69. The lowest BCUT2D eigenvalue weighted by Crippen LogP contribution is -2.25. The molecular formula is C21H18N2O5S. The third-order valence-electron chi connectivity index (χ3n) is 4.02. The number of anilines is 2. The van der Waals surface area contributed by atoms with Gasteiger partial charge >= 0.3 is 5.97 Å². The molecule has 0 spiro atoms. The van der Waals surface area contributed by atoms with E-state index >= 15 is 0 Å². The maximum Gasteiger partial charge on any atom is 0.335 e. The van der Waals surface area contributed by atoms with Crippen LogP contribution in [0.5, 0.6) is 5.75 Å². The first-order chi connectivity index (χ1) is 13.9. The number of carboxylic acids is 1. The SMILES string of the molecule is CN(C(=O)c1cccs1)c1ccc(OCC(=O)Nc2cccc(C(=O)O)c2)cc1. The second kappa shape index (κ2) is 9.03. The van der Waals surface area contributed by atoms with Gasteiger partial charge in [-0.2, -0.15) is 0 Å². The highest BCUT2D eigenvalue weighted by Crippen LogP contribution is 2.21. The lowest BCUT2D eigenvalue weighted by Gasteiger charge is -2.17. The molecule has 0 fully saturated rings. The number of hydrogen-bond acceptors (Lipinski definition) is 5. The lowest BCUT2D eigenvalue weighted by molar-refractivity contribution is -0.118. The molecule has 3 rings (SSSR count). The van der Waals surface area contributed by atoms with E-state index in [2.05, 4.69) is 5.32 Å². The summed E-state index contributed by atoms with van der Waals surface area (Å²) in [4.78, 5) is 37.6. The van der Waals surface area contributed by atoms with E-state index in [4.69, 9.17) is 9.84 Å². The van der Waals surface area contributed by atoms with E-state index in [1.54, 1.807) is 49.5 Å². The fourth-order valence-corrected chi connectivity index (χ4v) is 3.22. The molecule has 7 nitrogen and oxygen atoms in total. The van der Waals surface area contributed by atoms with Crippen LogP contribution < -0.4 is 15.0 Å². The monoisotopic (exact) mass is 410 g/mol. The molecule has 0 unspecified atom stereocenters. The van der Waals surface area contributed by atoms with Crippen molar-refractivity contribution in [3.8, 4) is 5.75 Å². The average Bonchev–Trinajstić information content (AvgIpc) is 3.26. The number of carbonyl (C=O) groups is 3. The van der Waals surface area contributed by atoms with Crippen LogP contribution in [-0.2, 0) is 4.79 Å². The summed E-state index contributed by atoms with van der Waals surface area (Å²) in [5, 5.41) is 13.4. The van der Waals surface area contributed by atoms with Crippen LogP contribution in [0.4, 0.5) is 11.4 Å². The Bertz CT molecular complexity index is 1020. The predicted molar refractivity (Wildman–Crippen MR) is 111 cm³/mol. The van der Waals surface area contributed by atoms with Gasteiger partial charge < -0.3 is 20.1 Å². The summed E-state index contributed by atoms with van der Waals surface area (Å²) in [6, 6.07) is 16.4. The molecule has 0 aliphatic carbocycles. The fraction of sp³-hybridized carbons (Fsp3) is 0.0952. The van der Waals surface area contributed by atoms with Crippen molar-refractivity contribution in [3.05, 3.63) is 76.5 Å². The van der Waals surface area contributed by atoms with Crippen LogP contribution in [0.25, 0.3) is 0 Å². The number of hydrogen-bond donors (Lipinski definition) is 2. The molecule has 2 N–H and O–H groups in total. The fourth-order valence-electron chi connectivity index (χ4n) is 2.52. The minimum atomic E-state index is -1.07. The number of aromatic carboxylic acids is 1. The van der Waals surface area contributed by atoms with Gasteiger partial charge in [0, 0.05) is 18.4 Å². The van der Waals surface area contributed by atoms with E-state index in [1.165, 1.54) is 28.4 Å². The molecule has 2 aromatic carbocycles. The van der Waals surface area contributed by atoms with E-state index in [1.807, 2.05) is 11.4 Å². The molecule has 0 atom stereocenters. The molecule has 29 heavy (non-hydrogen) atoms. The first-order valence-corrected chi connectivity index (χ1v) is 9.49. The molecule has 3 aromatic rings. The van der Waals surface area contributed by atoms with Crippen LogP contribution in [-0.4, -0.2) is 36.5 Å². The zero-order valence-electron chi connectivity index (χ0n) is 15.5. The smallest absolute Gasteiger partial charge is 0.335 e. The highest BCUT2D eigenvalue weighted by Gasteiger charge is 2.14. The second-order valence-corrected chi connectivity index (χ2v) is 7.01. The van der Waals surface area contributed by atoms with E-state index in [0.29, 0.717) is 22.0 Å². The van der Waals surface area contributed by atoms with Crippen LogP contribution in [0.1, 0.15) is 20.0 Å². The van der Waals surface area contributed by atoms with E-state index < -0.39 is 11.9 Å². The Hall–Kier alpha value is -3.65. The van der Waals surface area contributed by atoms with Crippen LogP contribution in [0, 0.1) is 0 Å². The maximum atomic E-state index is 12.4. The zero-order valence-corrected chi connectivity index (χ0v) is 16.3. The molecule has 0 aliphatic rings. The maximum absolute atomic E-state index is 12.4. The summed E-state index contributed by atoms with van der Waals surface area (Å²) < 4.78 is 5.46. The summed E-state index contributed by atoms with van der Waals surface area (Å²) in [5.41, 5.74) is 1.16. The number of benzene rings is 2. The minimum Gasteiger partial charge on any atom is -0.484 e. The highest BCUT2D eigenvalue weighted by atomic mass is 32.1. The van der Waals surface area contributed by atoms with Gasteiger partial charge in [0.05, 0.1) is 10.4 Å². The molecule has 0 saturated carbocycles. The van der Waals surface area contributed by atoms with Crippen molar-refractivity contribution in [2.75, 3.05) is 23.9 Å². The van der Waals surface area contributed by atoms with Crippen LogP contribution in [0.3, 0.4) is 0 Å². The molecule has 0 radical (unpaired) electrons. The number of thiophene rings is 1. The molecule has 8 heteroatoms. The predicted octanol–water partition coefficient (Wildman–Crippen LogP) is 3.74. The van der Waals surface area contributed by atoms with Gasteiger partial charge in [-0.1, -0.05) is 12.1 Å². The molecule has 0 bridgehead atoms. The second-order valence-electron chi connectivity index (χ2n) is 6.06. The van der Waals surface area contributed by atoms with Crippen LogP contribution in [0.15, 0.2) is 66.0 Å². The zero-order chi connectivity index (χ0) is 20.8. The Morgan fingerprint density at radius 2 is 1.83 bits per heavy atom. The number of nitrogens with zero attached hydrogens (tertiary/aromatic N) is 1. The average molecular weight is 410 g/mol. The van der Waals surface area contributed by atoms with Gasteiger partial charge in [-0.05, 0) is 53.9 Å². The van der Waals surface area contributed by atoms with Crippen molar-refractivity contribution in [1.29, 1.82) is 0 Å². The summed E-state index contributed by atoms with van der Waals surface area (Å²) in [6.45, 7) is -0.236. The molecular weight excluding hydrogens is 392 g/mol. The van der Waals surface area contributed by atoms with Gasteiger partial charge in [0.2, 0.25) is 0 Å². The topological polar surface area (TPSA) is 95.9 Å². The summed E-state index contributed by atoms with van der Waals surface area (Å²) in [6.07, 6.45) is 0. The lowest BCUT2D eigenvalue weighted by atomic mass is 10.2. The van der Waals surface area contributed by atoms with Gasteiger partial charge in [0.25, 0.3) is 11.8 Å². The number of carbonyl (C=O) groups excluding carboxylic acids is 2. The minimum absolute atomic E-state index is 0.0838. The van der Waals surface area contributed by atoms with E-state index in [0.717, 1.165) is 0 Å². The molecule has 1 heterocycles. The molecule has 2 amide bonds.